The smallest absolute Gasteiger partial charge is 0.309 e. The SMILES string of the molecule is O=C(O)C1CN(S(=O)(=O)c2ccccc2)C(c2ccccc2)CC1NS(=O)(=O)NCc1ccccc1. The molecule has 1 heterocycles. The van der Waals surface area contributed by atoms with Crippen LogP contribution in [0.15, 0.2) is 95.9 Å². The van der Waals surface area contributed by atoms with Crippen LogP contribution in [0.2, 0.25) is 0 Å². The van der Waals surface area contributed by atoms with E-state index in [1.54, 1.807) is 72.8 Å². The summed E-state index contributed by atoms with van der Waals surface area (Å²) in [5, 5.41) is 9.95. The quantitative estimate of drug-likeness (QED) is 0.390. The van der Waals surface area contributed by atoms with Crippen LogP contribution < -0.4 is 9.44 Å². The van der Waals surface area contributed by atoms with Gasteiger partial charge in [-0.05, 0) is 29.7 Å². The molecule has 0 saturated carbocycles. The Morgan fingerprint density at radius 2 is 1.42 bits per heavy atom. The van der Waals surface area contributed by atoms with Gasteiger partial charge >= 0.3 is 5.97 Å². The molecule has 11 heteroatoms. The third kappa shape index (κ3) is 6.00. The first-order chi connectivity index (χ1) is 17.2. The van der Waals surface area contributed by atoms with Crippen molar-refractivity contribution in [2.45, 2.75) is 29.9 Å². The molecule has 1 saturated heterocycles. The van der Waals surface area contributed by atoms with Crippen molar-refractivity contribution in [3.05, 3.63) is 102 Å². The van der Waals surface area contributed by atoms with Gasteiger partial charge in [-0.3, -0.25) is 4.79 Å². The summed E-state index contributed by atoms with van der Waals surface area (Å²) in [4.78, 5) is 12.2. The number of benzene rings is 3. The van der Waals surface area contributed by atoms with Crippen LogP contribution in [-0.2, 0) is 31.6 Å². The Labute approximate surface area is 211 Å². The Kier molecular flexibility index (Phi) is 7.86. The van der Waals surface area contributed by atoms with E-state index in [0.29, 0.717) is 5.56 Å². The molecule has 0 spiro atoms. The van der Waals surface area contributed by atoms with Gasteiger partial charge in [-0.25, -0.2) is 8.42 Å². The average Bonchev–Trinajstić information content (AvgIpc) is 2.88. The van der Waals surface area contributed by atoms with Crippen molar-refractivity contribution in [3.8, 4) is 0 Å². The third-order valence-corrected chi connectivity index (χ3v) is 9.18. The van der Waals surface area contributed by atoms with Crippen LogP contribution in [0, 0.1) is 5.92 Å². The normalized spacial score (nSPS) is 21.2. The van der Waals surface area contributed by atoms with E-state index < -0.39 is 50.7 Å². The van der Waals surface area contributed by atoms with E-state index in [-0.39, 0.29) is 17.9 Å². The lowest BCUT2D eigenvalue weighted by molar-refractivity contribution is -0.144. The summed E-state index contributed by atoms with van der Waals surface area (Å²) in [7, 11) is -8.15. The Hall–Kier alpha value is -3.09. The van der Waals surface area contributed by atoms with Gasteiger partial charge < -0.3 is 5.11 Å². The highest BCUT2D eigenvalue weighted by molar-refractivity contribution is 7.89. The van der Waals surface area contributed by atoms with Crippen molar-refractivity contribution in [2.24, 2.45) is 5.92 Å². The van der Waals surface area contributed by atoms with Crippen molar-refractivity contribution in [2.75, 3.05) is 6.54 Å². The molecule has 0 aliphatic carbocycles. The number of hydrogen-bond donors (Lipinski definition) is 3. The molecule has 0 radical (unpaired) electrons. The van der Waals surface area contributed by atoms with Crippen LogP contribution in [0.5, 0.6) is 0 Å². The molecule has 0 bridgehead atoms. The maximum Gasteiger partial charge on any atom is 0.309 e. The maximum atomic E-state index is 13.6. The highest BCUT2D eigenvalue weighted by atomic mass is 32.2. The van der Waals surface area contributed by atoms with Crippen molar-refractivity contribution in [1.29, 1.82) is 0 Å². The number of sulfonamides is 1. The zero-order valence-corrected chi connectivity index (χ0v) is 20.9. The zero-order valence-electron chi connectivity index (χ0n) is 19.3. The molecule has 190 valence electrons. The van der Waals surface area contributed by atoms with E-state index in [4.69, 9.17) is 0 Å². The number of carbonyl (C=O) groups is 1. The Bertz CT molecular complexity index is 1390. The Morgan fingerprint density at radius 3 is 2.00 bits per heavy atom. The van der Waals surface area contributed by atoms with E-state index in [0.717, 1.165) is 5.56 Å². The molecule has 1 fully saturated rings. The molecule has 3 atom stereocenters. The molecular formula is C25H27N3O6S2. The molecular weight excluding hydrogens is 502 g/mol. The molecule has 3 aromatic carbocycles. The summed E-state index contributed by atoms with van der Waals surface area (Å²) in [6.07, 6.45) is -0.0563. The zero-order chi connectivity index (χ0) is 25.8. The lowest BCUT2D eigenvalue weighted by atomic mass is 9.87. The third-order valence-electron chi connectivity index (χ3n) is 6.15. The molecule has 4 rings (SSSR count). The van der Waals surface area contributed by atoms with Crippen molar-refractivity contribution >= 4 is 26.2 Å². The number of carboxylic acid groups (broad SMARTS) is 1. The number of piperidine rings is 1. The second kappa shape index (κ2) is 10.9. The van der Waals surface area contributed by atoms with Gasteiger partial charge in [0.25, 0.3) is 10.2 Å². The second-order valence-corrected chi connectivity index (χ2v) is 12.0. The molecule has 3 aromatic rings. The Balaban J connectivity index is 1.64. The summed E-state index contributed by atoms with van der Waals surface area (Å²) in [5.74, 6) is -2.58. The maximum absolute atomic E-state index is 13.6. The highest BCUT2D eigenvalue weighted by Gasteiger charge is 2.46. The van der Waals surface area contributed by atoms with E-state index in [1.807, 2.05) is 6.07 Å². The van der Waals surface area contributed by atoms with Crippen LogP contribution in [0.25, 0.3) is 0 Å². The summed E-state index contributed by atoms with van der Waals surface area (Å²) in [6, 6.07) is 23.7. The number of rotatable bonds is 9. The molecule has 0 amide bonds. The van der Waals surface area contributed by atoms with Gasteiger partial charge in [-0.1, -0.05) is 78.9 Å². The largest absolute Gasteiger partial charge is 0.481 e. The van der Waals surface area contributed by atoms with Gasteiger partial charge in [0, 0.05) is 19.1 Å². The molecule has 36 heavy (non-hydrogen) atoms. The van der Waals surface area contributed by atoms with E-state index >= 15 is 0 Å². The van der Waals surface area contributed by atoms with Crippen LogP contribution in [0.1, 0.15) is 23.6 Å². The first-order valence-corrected chi connectivity index (χ1v) is 14.3. The predicted octanol–water partition coefficient (Wildman–Crippen LogP) is 2.52. The highest BCUT2D eigenvalue weighted by Crippen LogP contribution is 2.38. The van der Waals surface area contributed by atoms with Crippen LogP contribution in [0.4, 0.5) is 0 Å². The van der Waals surface area contributed by atoms with E-state index in [1.165, 1.54) is 16.4 Å². The number of aliphatic carboxylic acids is 1. The van der Waals surface area contributed by atoms with Gasteiger partial charge in [-0.2, -0.15) is 22.2 Å². The first-order valence-electron chi connectivity index (χ1n) is 11.3. The second-order valence-electron chi connectivity index (χ2n) is 8.53. The number of nitrogens with one attached hydrogen (secondary N) is 2. The summed E-state index contributed by atoms with van der Waals surface area (Å²) >= 11 is 0. The number of nitrogens with zero attached hydrogens (tertiary/aromatic N) is 1. The van der Waals surface area contributed by atoms with E-state index in [9.17, 15) is 26.7 Å². The van der Waals surface area contributed by atoms with Crippen molar-refractivity contribution < 1.29 is 26.7 Å². The van der Waals surface area contributed by atoms with Crippen LogP contribution >= 0.6 is 0 Å². The minimum Gasteiger partial charge on any atom is -0.481 e. The molecule has 9 nitrogen and oxygen atoms in total. The van der Waals surface area contributed by atoms with Gasteiger partial charge in [0.05, 0.1) is 16.9 Å². The Morgan fingerprint density at radius 1 is 0.861 bits per heavy atom. The average molecular weight is 530 g/mol. The first kappa shape index (κ1) is 26.0. The fraction of sp³-hybridized carbons (Fsp3) is 0.240. The summed E-state index contributed by atoms with van der Waals surface area (Å²) < 4.78 is 58.9. The molecule has 0 aromatic heterocycles. The monoisotopic (exact) mass is 529 g/mol. The number of carboxylic acids is 1. The predicted molar refractivity (Wildman–Crippen MR) is 134 cm³/mol. The van der Waals surface area contributed by atoms with Gasteiger partial charge in [-0.15, -0.1) is 0 Å². The van der Waals surface area contributed by atoms with Crippen molar-refractivity contribution in [3.63, 3.8) is 0 Å². The van der Waals surface area contributed by atoms with Crippen molar-refractivity contribution in [1.82, 2.24) is 13.7 Å². The fourth-order valence-electron chi connectivity index (χ4n) is 4.34. The summed E-state index contributed by atoms with van der Waals surface area (Å²) in [6.45, 7) is -0.366. The molecule has 1 aliphatic heterocycles. The van der Waals surface area contributed by atoms with E-state index in [2.05, 4.69) is 9.44 Å². The standard InChI is InChI=1S/C25H27N3O6S2/c29-25(30)22-18-28(35(31,32)21-14-8-3-9-15-21)24(20-12-6-2-7-13-20)16-23(22)27-36(33,34)26-17-19-10-4-1-5-11-19/h1-15,22-24,26-27H,16-18H2,(H,29,30). The molecule has 3 N–H and O–H groups in total. The lowest BCUT2D eigenvalue weighted by Crippen LogP contribution is -2.57. The molecule has 1 aliphatic rings. The number of hydrogen-bond acceptors (Lipinski definition) is 5. The van der Waals surface area contributed by atoms with Crippen LogP contribution in [0.3, 0.4) is 0 Å². The lowest BCUT2D eigenvalue weighted by Gasteiger charge is -2.42. The van der Waals surface area contributed by atoms with Gasteiger partial charge in [0.2, 0.25) is 10.0 Å². The van der Waals surface area contributed by atoms with Gasteiger partial charge in [0.15, 0.2) is 0 Å². The fourth-order valence-corrected chi connectivity index (χ4v) is 7.11. The molecule has 3 unspecified atom stereocenters. The summed E-state index contributed by atoms with van der Waals surface area (Å²) in [5.41, 5.74) is 1.38. The topological polar surface area (TPSA) is 133 Å². The van der Waals surface area contributed by atoms with Crippen LogP contribution in [-0.4, -0.2) is 44.8 Å². The van der Waals surface area contributed by atoms with Gasteiger partial charge in [0.1, 0.15) is 0 Å². The minimum atomic E-state index is -4.09. The minimum absolute atomic E-state index is 0.0251.